The van der Waals surface area contributed by atoms with Gasteiger partial charge >= 0.3 is 5.97 Å². The lowest BCUT2D eigenvalue weighted by Gasteiger charge is -2.10. The SMILES string of the molecule is Cc1cc(S(=O)(=O)O)cc(N/N=C(/N=Nc2ccc(S(=O)(=O)O)cc2C(=O)O)c2ccccc2)c1O. The lowest BCUT2D eigenvalue weighted by molar-refractivity contribution is 0.0697. The number of phenolic OH excluding ortho intramolecular Hbond substituents is 1. The third-order valence-electron chi connectivity index (χ3n) is 4.63. The van der Waals surface area contributed by atoms with Gasteiger partial charge in [-0.2, -0.15) is 21.9 Å². The molecule has 188 valence electrons. The fraction of sp³-hybridized carbons (Fsp3) is 0.0476. The highest BCUT2D eigenvalue weighted by molar-refractivity contribution is 7.86. The Labute approximate surface area is 205 Å². The van der Waals surface area contributed by atoms with Crippen LogP contribution < -0.4 is 5.43 Å². The maximum atomic E-state index is 11.6. The molecule has 0 aliphatic heterocycles. The number of aromatic carboxylic acids is 1. The molecule has 0 aliphatic rings. The van der Waals surface area contributed by atoms with Crippen molar-refractivity contribution in [2.75, 3.05) is 5.43 Å². The molecule has 0 heterocycles. The number of nitrogens with one attached hydrogen (secondary N) is 1. The summed E-state index contributed by atoms with van der Waals surface area (Å²) in [6.07, 6.45) is 0. The monoisotopic (exact) mass is 534 g/mol. The minimum absolute atomic E-state index is 0.121. The van der Waals surface area contributed by atoms with Crippen molar-refractivity contribution in [1.29, 1.82) is 0 Å². The molecule has 0 aliphatic carbocycles. The molecule has 13 nitrogen and oxygen atoms in total. The van der Waals surface area contributed by atoms with Crippen LogP contribution in [0.1, 0.15) is 21.5 Å². The molecular formula is C21H18N4O9S2. The lowest BCUT2D eigenvalue weighted by Crippen LogP contribution is -2.04. The molecule has 0 bridgehead atoms. The normalized spacial score (nSPS) is 12.6. The first-order chi connectivity index (χ1) is 16.8. The molecule has 0 amide bonds. The largest absolute Gasteiger partial charge is 0.505 e. The molecule has 0 saturated heterocycles. The first-order valence-corrected chi connectivity index (χ1v) is 12.6. The number of azo groups is 1. The van der Waals surface area contributed by atoms with Crippen LogP contribution in [0.25, 0.3) is 0 Å². The Morgan fingerprint density at radius 2 is 1.53 bits per heavy atom. The highest BCUT2D eigenvalue weighted by Gasteiger charge is 2.18. The van der Waals surface area contributed by atoms with Crippen LogP contribution in [-0.2, 0) is 20.2 Å². The molecule has 0 aromatic heterocycles. The number of carbonyl (C=O) groups is 1. The van der Waals surface area contributed by atoms with Crippen molar-refractivity contribution in [2.24, 2.45) is 15.3 Å². The number of aryl methyl sites for hydroxylation is 1. The quantitative estimate of drug-likeness (QED) is 0.0742. The number of amidine groups is 1. The summed E-state index contributed by atoms with van der Waals surface area (Å²) < 4.78 is 64.2. The standard InChI is InChI=1S/C21H18N4O9S2/c1-12-9-15(36(32,33)34)11-18(19(12)26)23-25-20(13-5-3-2-4-6-13)24-22-17-8-7-14(35(29,30)31)10-16(17)21(27)28/h2-11,23,26H,1H3,(H,27,28)(H,29,30,31)(H,32,33,34)/b24-22?,25-20+. The van der Waals surface area contributed by atoms with E-state index in [4.69, 9.17) is 4.55 Å². The molecule has 0 spiro atoms. The molecule has 0 saturated carbocycles. The van der Waals surface area contributed by atoms with Crippen LogP contribution in [0, 0.1) is 6.92 Å². The molecule has 3 rings (SSSR count). The molecule has 0 radical (unpaired) electrons. The van der Waals surface area contributed by atoms with Gasteiger partial charge in [0.2, 0.25) is 5.84 Å². The zero-order valence-corrected chi connectivity index (χ0v) is 19.9. The number of benzene rings is 3. The average molecular weight is 535 g/mol. The van der Waals surface area contributed by atoms with Crippen LogP contribution in [0.3, 0.4) is 0 Å². The molecule has 5 N–H and O–H groups in total. The van der Waals surface area contributed by atoms with Crippen molar-refractivity contribution in [3.63, 3.8) is 0 Å². The van der Waals surface area contributed by atoms with E-state index in [9.17, 15) is 36.4 Å². The summed E-state index contributed by atoms with van der Waals surface area (Å²) in [5.41, 5.74) is 1.94. The maximum Gasteiger partial charge on any atom is 0.338 e. The predicted octanol–water partition coefficient (Wildman–Crippen LogP) is 3.45. The van der Waals surface area contributed by atoms with Gasteiger partial charge < -0.3 is 10.2 Å². The van der Waals surface area contributed by atoms with Gasteiger partial charge in [-0.05, 0) is 42.8 Å². The van der Waals surface area contributed by atoms with E-state index in [0.717, 1.165) is 24.3 Å². The van der Waals surface area contributed by atoms with Gasteiger partial charge in [0, 0.05) is 5.56 Å². The summed E-state index contributed by atoms with van der Waals surface area (Å²) in [6, 6.07) is 12.8. The van der Waals surface area contributed by atoms with Crippen LogP contribution in [0.15, 0.2) is 85.8 Å². The van der Waals surface area contributed by atoms with Crippen molar-refractivity contribution in [1.82, 2.24) is 0 Å². The summed E-state index contributed by atoms with van der Waals surface area (Å²) in [7, 11) is -9.25. The zero-order chi connectivity index (χ0) is 26.7. The minimum Gasteiger partial charge on any atom is -0.505 e. The highest BCUT2D eigenvalue weighted by atomic mass is 32.2. The van der Waals surface area contributed by atoms with E-state index in [-0.39, 0.29) is 28.5 Å². The molecule has 3 aromatic carbocycles. The highest BCUT2D eigenvalue weighted by Crippen LogP contribution is 2.31. The number of nitrogens with zero attached hydrogens (tertiary/aromatic N) is 3. The summed E-state index contributed by atoms with van der Waals surface area (Å²) in [4.78, 5) is 10.4. The Morgan fingerprint density at radius 3 is 2.11 bits per heavy atom. The molecule has 3 aromatic rings. The number of hydrazone groups is 1. The van der Waals surface area contributed by atoms with Gasteiger partial charge in [0.05, 0.1) is 21.0 Å². The number of carboxylic acids is 1. The molecule has 0 atom stereocenters. The summed E-state index contributed by atoms with van der Waals surface area (Å²) in [5, 5.41) is 31.5. The second-order valence-electron chi connectivity index (χ2n) is 7.18. The fourth-order valence-corrected chi connectivity index (χ4v) is 3.96. The number of phenols is 1. The number of hydrogen-bond donors (Lipinski definition) is 5. The third-order valence-corrected chi connectivity index (χ3v) is 6.32. The predicted molar refractivity (Wildman–Crippen MR) is 127 cm³/mol. The Bertz CT molecular complexity index is 1600. The van der Waals surface area contributed by atoms with E-state index in [1.165, 1.54) is 6.92 Å². The van der Waals surface area contributed by atoms with Gasteiger partial charge in [-0.1, -0.05) is 30.3 Å². The Morgan fingerprint density at radius 1 is 0.889 bits per heavy atom. The number of rotatable bonds is 7. The molecule has 36 heavy (non-hydrogen) atoms. The molecule has 0 unspecified atom stereocenters. The van der Waals surface area contributed by atoms with E-state index in [0.29, 0.717) is 11.6 Å². The maximum absolute atomic E-state index is 11.6. The van der Waals surface area contributed by atoms with Crippen LogP contribution in [0.4, 0.5) is 11.4 Å². The summed E-state index contributed by atoms with van der Waals surface area (Å²) in [6.45, 7) is 1.40. The molecule has 0 fully saturated rings. The van der Waals surface area contributed by atoms with Crippen LogP contribution >= 0.6 is 0 Å². The van der Waals surface area contributed by atoms with E-state index in [2.05, 4.69) is 20.8 Å². The number of aromatic hydroxyl groups is 1. The van der Waals surface area contributed by atoms with Crippen molar-refractivity contribution in [3.05, 3.63) is 77.4 Å². The molecule has 15 heteroatoms. The van der Waals surface area contributed by atoms with Gasteiger partial charge in [-0.3, -0.25) is 14.5 Å². The Hall–Kier alpha value is -4.18. The van der Waals surface area contributed by atoms with E-state index >= 15 is 0 Å². The van der Waals surface area contributed by atoms with Crippen LogP contribution in [0.5, 0.6) is 5.75 Å². The van der Waals surface area contributed by atoms with Crippen molar-refractivity contribution >= 4 is 43.4 Å². The molecular weight excluding hydrogens is 516 g/mol. The minimum atomic E-state index is -4.66. The first kappa shape index (κ1) is 26.4. The Balaban J connectivity index is 2.08. The van der Waals surface area contributed by atoms with Gasteiger partial charge in [-0.25, -0.2) is 4.79 Å². The van der Waals surface area contributed by atoms with Gasteiger partial charge in [-0.15, -0.1) is 10.2 Å². The zero-order valence-electron chi connectivity index (χ0n) is 18.3. The summed E-state index contributed by atoms with van der Waals surface area (Å²) in [5.74, 6) is -2.03. The van der Waals surface area contributed by atoms with E-state index in [1.54, 1.807) is 30.3 Å². The van der Waals surface area contributed by atoms with Crippen molar-refractivity contribution in [2.45, 2.75) is 16.7 Å². The van der Waals surface area contributed by atoms with Crippen molar-refractivity contribution < 1.29 is 40.9 Å². The second-order valence-corrected chi connectivity index (χ2v) is 10.0. The van der Waals surface area contributed by atoms with Crippen molar-refractivity contribution in [3.8, 4) is 5.75 Å². The third kappa shape index (κ3) is 6.28. The smallest absolute Gasteiger partial charge is 0.338 e. The number of carboxylic acid groups (broad SMARTS) is 1. The average Bonchev–Trinajstić information content (AvgIpc) is 2.80. The summed E-state index contributed by atoms with van der Waals surface area (Å²) >= 11 is 0. The van der Waals surface area contributed by atoms with Gasteiger partial charge in [0.1, 0.15) is 11.4 Å². The van der Waals surface area contributed by atoms with E-state index in [1.807, 2.05) is 0 Å². The topological polar surface area (TPSA) is 215 Å². The van der Waals surface area contributed by atoms with Crippen LogP contribution in [-0.4, -0.2) is 48.0 Å². The fourth-order valence-electron chi connectivity index (χ4n) is 2.86. The number of hydrogen-bond acceptors (Lipinski definition) is 9. The second kappa shape index (κ2) is 10.2. The van der Waals surface area contributed by atoms with E-state index < -0.39 is 41.6 Å². The van der Waals surface area contributed by atoms with Gasteiger partial charge in [0.25, 0.3) is 20.2 Å². The van der Waals surface area contributed by atoms with Crippen LogP contribution in [0.2, 0.25) is 0 Å². The Kier molecular flexibility index (Phi) is 7.49. The van der Waals surface area contributed by atoms with Gasteiger partial charge in [0.15, 0.2) is 0 Å². The lowest BCUT2D eigenvalue weighted by atomic mass is 10.2. The first-order valence-electron chi connectivity index (χ1n) is 9.74. The number of anilines is 1.